The number of aromatic amines is 1. The molecule has 5 heteroatoms. The van der Waals surface area contributed by atoms with Gasteiger partial charge in [-0.15, -0.1) is 0 Å². The largest absolute Gasteiger partial charge is 0.291 e. The van der Waals surface area contributed by atoms with E-state index in [1.807, 2.05) is 36.7 Å². The molecule has 5 rings (SSSR count). The zero-order chi connectivity index (χ0) is 21.0. The molecule has 1 atom stereocenters. The highest BCUT2D eigenvalue weighted by molar-refractivity contribution is 6.30. The monoisotopic (exact) mass is 428 g/mol. The number of halogens is 1. The Bertz CT molecular complexity index is 1120. The van der Waals surface area contributed by atoms with Gasteiger partial charge < -0.3 is 0 Å². The molecular weight excluding hydrogens is 404 g/mol. The summed E-state index contributed by atoms with van der Waals surface area (Å²) < 4.78 is 0. The fourth-order valence-electron chi connectivity index (χ4n) is 4.55. The number of hydrogen-bond donors (Lipinski definition) is 1. The van der Waals surface area contributed by atoms with E-state index in [1.54, 1.807) is 0 Å². The molecular formula is C26H25ClN4. The van der Waals surface area contributed by atoms with E-state index in [0.29, 0.717) is 6.04 Å². The van der Waals surface area contributed by atoms with Crippen LogP contribution >= 0.6 is 11.6 Å². The van der Waals surface area contributed by atoms with Crippen molar-refractivity contribution in [2.45, 2.75) is 31.8 Å². The van der Waals surface area contributed by atoms with Crippen molar-refractivity contribution in [3.8, 4) is 22.4 Å². The number of nitrogens with zero attached hydrogens (tertiary/aromatic N) is 3. The highest BCUT2D eigenvalue weighted by Gasteiger charge is 2.30. The number of piperidine rings is 1. The van der Waals surface area contributed by atoms with Gasteiger partial charge in [-0.25, -0.2) is 0 Å². The fraction of sp³-hybridized carbons (Fsp3) is 0.231. The van der Waals surface area contributed by atoms with Gasteiger partial charge in [0, 0.05) is 35.1 Å². The summed E-state index contributed by atoms with van der Waals surface area (Å²) in [6.45, 7) is 2.03. The standard InChI is InChI=1S/C26H25ClN4/c27-22-11-9-21(10-12-22)25-24(20-13-15-28-16-14-20)26(30-29-25)23-8-4-5-17-31(23)18-19-6-2-1-3-7-19/h1-3,6-7,9-16,23H,4-5,8,17-18H2,(H,29,30). The summed E-state index contributed by atoms with van der Waals surface area (Å²) in [6, 6.07) is 23.1. The topological polar surface area (TPSA) is 44.8 Å². The molecule has 0 aliphatic carbocycles. The van der Waals surface area contributed by atoms with Crippen molar-refractivity contribution in [1.29, 1.82) is 0 Å². The van der Waals surface area contributed by atoms with Crippen molar-refractivity contribution in [2.24, 2.45) is 0 Å². The Morgan fingerprint density at radius 2 is 1.68 bits per heavy atom. The Morgan fingerprint density at radius 1 is 0.903 bits per heavy atom. The molecule has 0 saturated carbocycles. The minimum absolute atomic E-state index is 0.297. The van der Waals surface area contributed by atoms with Crippen molar-refractivity contribution in [3.05, 3.63) is 95.4 Å². The Balaban J connectivity index is 1.58. The summed E-state index contributed by atoms with van der Waals surface area (Å²) in [7, 11) is 0. The van der Waals surface area contributed by atoms with Gasteiger partial charge in [-0.1, -0.05) is 60.5 Å². The summed E-state index contributed by atoms with van der Waals surface area (Å²) in [5.74, 6) is 0. The molecule has 1 unspecified atom stereocenters. The molecule has 1 N–H and O–H groups in total. The van der Waals surface area contributed by atoms with Crippen LogP contribution in [0, 0.1) is 0 Å². The lowest BCUT2D eigenvalue weighted by atomic mass is 9.91. The van der Waals surface area contributed by atoms with Crippen molar-refractivity contribution in [1.82, 2.24) is 20.1 Å². The first-order valence-corrected chi connectivity index (χ1v) is 11.2. The molecule has 156 valence electrons. The molecule has 31 heavy (non-hydrogen) atoms. The molecule has 4 nitrogen and oxygen atoms in total. The molecule has 0 spiro atoms. The summed E-state index contributed by atoms with van der Waals surface area (Å²) >= 11 is 6.14. The first-order chi connectivity index (χ1) is 15.3. The fourth-order valence-corrected chi connectivity index (χ4v) is 4.68. The van der Waals surface area contributed by atoms with Gasteiger partial charge in [0.05, 0.1) is 11.7 Å². The van der Waals surface area contributed by atoms with Crippen molar-refractivity contribution in [3.63, 3.8) is 0 Å². The van der Waals surface area contributed by atoms with Crippen LogP contribution in [0.1, 0.15) is 36.6 Å². The summed E-state index contributed by atoms with van der Waals surface area (Å²) in [5.41, 5.74) is 6.85. The van der Waals surface area contributed by atoms with E-state index in [0.717, 1.165) is 46.9 Å². The molecule has 0 amide bonds. The number of aromatic nitrogens is 3. The molecule has 1 aliphatic heterocycles. The van der Waals surface area contributed by atoms with Crippen LogP contribution in [0.15, 0.2) is 79.1 Å². The first-order valence-electron chi connectivity index (χ1n) is 10.8. The quantitative estimate of drug-likeness (QED) is 0.393. The third-order valence-corrected chi connectivity index (χ3v) is 6.31. The molecule has 3 heterocycles. The van der Waals surface area contributed by atoms with E-state index in [9.17, 15) is 0 Å². The van der Waals surface area contributed by atoms with Gasteiger partial charge in [0.25, 0.3) is 0 Å². The van der Waals surface area contributed by atoms with Crippen molar-refractivity contribution in [2.75, 3.05) is 6.54 Å². The second kappa shape index (κ2) is 9.04. The van der Waals surface area contributed by atoms with Crippen LogP contribution in [0.5, 0.6) is 0 Å². The van der Waals surface area contributed by atoms with Crippen molar-refractivity contribution < 1.29 is 0 Å². The van der Waals surface area contributed by atoms with Crippen molar-refractivity contribution >= 4 is 11.6 Å². The molecule has 2 aromatic carbocycles. The average Bonchev–Trinajstić information content (AvgIpc) is 3.26. The van der Waals surface area contributed by atoms with Crippen LogP contribution in [0.4, 0.5) is 0 Å². The van der Waals surface area contributed by atoms with Crippen LogP contribution in [0.25, 0.3) is 22.4 Å². The number of H-pyrrole nitrogens is 1. The Hall–Kier alpha value is -2.95. The Morgan fingerprint density at radius 3 is 2.45 bits per heavy atom. The maximum Gasteiger partial charge on any atom is 0.100 e. The van der Waals surface area contributed by atoms with Crippen LogP contribution in [0.2, 0.25) is 5.02 Å². The average molecular weight is 429 g/mol. The number of hydrogen-bond acceptors (Lipinski definition) is 3. The third-order valence-electron chi connectivity index (χ3n) is 6.06. The molecule has 0 bridgehead atoms. The van der Waals surface area contributed by atoms with E-state index in [1.165, 1.54) is 24.1 Å². The predicted octanol–water partition coefficient (Wildman–Crippen LogP) is 6.52. The smallest absolute Gasteiger partial charge is 0.100 e. The first kappa shape index (κ1) is 20.0. The molecule has 0 radical (unpaired) electrons. The highest BCUT2D eigenvalue weighted by atomic mass is 35.5. The van der Waals surface area contributed by atoms with E-state index in [4.69, 9.17) is 16.7 Å². The van der Waals surface area contributed by atoms with Crippen LogP contribution < -0.4 is 0 Å². The summed E-state index contributed by atoms with van der Waals surface area (Å²) in [4.78, 5) is 6.81. The summed E-state index contributed by atoms with van der Waals surface area (Å²) in [6.07, 6.45) is 7.26. The maximum atomic E-state index is 6.14. The Kier molecular flexibility index (Phi) is 5.83. The lowest BCUT2D eigenvalue weighted by Gasteiger charge is -2.35. The Labute approximate surface area is 187 Å². The van der Waals surface area contributed by atoms with Gasteiger partial charge in [-0.2, -0.15) is 5.10 Å². The van der Waals surface area contributed by atoms with Gasteiger partial charge in [0.1, 0.15) is 5.69 Å². The minimum atomic E-state index is 0.297. The maximum absolute atomic E-state index is 6.14. The number of pyridine rings is 1. The lowest BCUT2D eigenvalue weighted by molar-refractivity contribution is 0.137. The molecule has 1 saturated heterocycles. The van der Waals surface area contributed by atoms with Gasteiger partial charge in [0.15, 0.2) is 0 Å². The zero-order valence-corrected chi connectivity index (χ0v) is 18.1. The van der Waals surface area contributed by atoms with Gasteiger partial charge in [0.2, 0.25) is 0 Å². The van der Waals surface area contributed by atoms with Gasteiger partial charge in [-0.3, -0.25) is 15.0 Å². The number of likely N-dealkylation sites (tertiary alicyclic amines) is 1. The minimum Gasteiger partial charge on any atom is -0.291 e. The van der Waals surface area contributed by atoms with E-state index in [2.05, 4.69) is 57.4 Å². The predicted molar refractivity (Wildman–Crippen MR) is 126 cm³/mol. The van der Waals surface area contributed by atoms with E-state index < -0.39 is 0 Å². The molecule has 1 aliphatic rings. The second-order valence-electron chi connectivity index (χ2n) is 8.07. The zero-order valence-electron chi connectivity index (χ0n) is 17.3. The number of benzene rings is 2. The lowest BCUT2D eigenvalue weighted by Crippen LogP contribution is -2.33. The third kappa shape index (κ3) is 4.27. The number of nitrogens with one attached hydrogen (secondary N) is 1. The van der Waals surface area contributed by atoms with E-state index >= 15 is 0 Å². The van der Waals surface area contributed by atoms with Crippen LogP contribution in [-0.2, 0) is 6.54 Å². The van der Waals surface area contributed by atoms with Crippen LogP contribution in [-0.4, -0.2) is 26.6 Å². The second-order valence-corrected chi connectivity index (χ2v) is 8.51. The normalized spacial score (nSPS) is 17.0. The van der Waals surface area contributed by atoms with Gasteiger partial charge >= 0.3 is 0 Å². The molecule has 4 aromatic rings. The SMILES string of the molecule is Clc1ccc(-c2n[nH]c(C3CCCCN3Cc3ccccc3)c2-c2ccncc2)cc1. The van der Waals surface area contributed by atoms with Gasteiger partial charge in [-0.05, 0) is 54.8 Å². The van der Waals surface area contributed by atoms with E-state index in [-0.39, 0.29) is 0 Å². The molecule has 2 aromatic heterocycles. The summed E-state index contributed by atoms with van der Waals surface area (Å²) in [5, 5.41) is 8.95. The van der Waals surface area contributed by atoms with Crippen LogP contribution in [0.3, 0.4) is 0 Å². The number of rotatable bonds is 5. The highest BCUT2D eigenvalue weighted by Crippen LogP contribution is 2.41. The molecule has 1 fully saturated rings.